The molecule has 0 radical (unpaired) electrons. The van der Waals surface area contributed by atoms with E-state index < -0.39 is 0 Å². The van der Waals surface area contributed by atoms with Crippen molar-refractivity contribution in [3.8, 4) is 0 Å². The quantitative estimate of drug-likeness (QED) is 0.687. The molecule has 0 aliphatic heterocycles. The molecule has 0 fully saturated rings. The molecule has 0 saturated carbocycles. The molecular formula is C18H16BrN5O. The number of pyridine rings is 1. The summed E-state index contributed by atoms with van der Waals surface area (Å²) in [5.74, 6) is 0.124. The van der Waals surface area contributed by atoms with E-state index in [1.54, 1.807) is 18.5 Å². The van der Waals surface area contributed by atoms with Gasteiger partial charge in [0.25, 0.3) is 5.91 Å². The summed E-state index contributed by atoms with van der Waals surface area (Å²) in [6.45, 7) is 2.24. The number of nitrogens with zero attached hydrogens (tertiary/aromatic N) is 3. The lowest BCUT2D eigenvalue weighted by Gasteiger charge is -2.10. The van der Waals surface area contributed by atoms with Crippen LogP contribution in [0.1, 0.15) is 21.7 Å². The maximum absolute atomic E-state index is 12.4. The van der Waals surface area contributed by atoms with E-state index in [0.717, 1.165) is 15.7 Å². The van der Waals surface area contributed by atoms with Crippen LogP contribution in [-0.4, -0.2) is 20.9 Å². The average Bonchev–Trinajstić information content (AvgIpc) is 2.62. The third-order valence-corrected chi connectivity index (χ3v) is 4.10. The van der Waals surface area contributed by atoms with Crippen LogP contribution >= 0.6 is 15.9 Å². The van der Waals surface area contributed by atoms with E-state index >= 15 is 0 Å². The first kappa shape index (κ1) is 17.0. The molecule has 2 heterocycles. The Morgan fingerprint density at radius 3 is 2.64 bits per heavy atom. The van der Waals surface area contributed by atoms with Gasteiger partial charge in [0.2, 0.25) is 5.95 Å². The van der Waals surface area contributed by atoms with Crippen molar-refractivity contribution in [1.82, 2.24) is 20.3 Å². The highest BCUT2D eigenvalue weighted by Gasteiger charge is 2.11. The molecule has 126 valence electrons. The number of amides is 1. The number of hydrogen-bond donors (Lipinski definition) is 2. The highest BCUT2D eigenvalue weighted by Crippen LogP contribution is 2.23. The lowest BCUT2D eigenvalue weighted by molar-refractivity contribution is 0.0945. The van der Waals surface area contributed by atoms with Crippen LogP contribution in [0.3, 0.4) is 0 Å². The molecule has 0 spiro atoms. The molecular weight excluding hydrogens is 382 g/mol. The molecule has 0 aliphatic rings. The second-order valence-electron chi connectivity index (χ2n) is 5.36. The molecule has 0 atom stereocenters. The van der Waals surface area contributed by atoms with Crippen LogP contribution in [0.2, 0.25) is 0 Å². The first-order valence-corrected chi connectivity index (χ1v) is 8.45. The van der Waals surface area contributed by atoms with Gasteiger partial charge in [-0.15, -0.1) is 0 Å². The number of benzene rings is 1. The highest BCUT2D eigenvalue weighted by molar-refractivity contribution is 9.10. The first-order chi connectivity index (χ1) is 12.1. The largest absolute Gasteiger partial charge is 0.347 e. The lowest BCUT2D eigenvalue weighted by Crippen LogP contribution is -2.24. The number of nitrogens with one attached hydrogen (secondary N) is 2. The molecule has 25 heavy (non-hydrogen) atoms. The van der Waals surface area contributed by atoms with Crippen molar-refractivity contribution in [2.75, 3.05) is 5.32 Å². The fraction of sp³-hybridized carbons (Fsp3) is 0.111. The molecule has 1 amide bonds. The SMILES string of the molecule is Cc1cc(C(=O)NCc2ccncc2)nc(Nc2ccccc2Br)n1. The van der Waals surface area contributed by atoms with Gasteiger partial charge in [-0.1, -0.05) is 12.1 Å². The fourth-order valence-corrected chi connectivity index (χ4v) is 2.58. The Morgan fingerprint density at radius 2 is 1.88 bits per heavy atom. The van der Waals surface area contributed by atoms with Gasteiger partial charge in [-0.3, -0.25) is 9.78 Å². The Bertz CT molecular complexity index is 886. The molecule has 6 nitrogen and oxygen atoms in total. The van der Waals surface area contributed by atoms with Crippen molar-refractivity contribution < 1.29 is 4.79 Å². The van der Waals surface area contributed by atoms with E-state index in [1.807, 2.05) is 43.3 Å². The van der Waals surface area contributed by atoms with Gasteiger partial charge in [-0.2, -0.15) is 0 Å². The first-order valence-electron chi connectivity index (χ1n) is 7.66. The van der Waals surface area contributed by atoms with Gasteiger partial charge in [-0.25, -0.2) is 9.97 Å². The van der Waals surface area contributed by atoms with Crippen LogP contribution in [0.15, 0.2) is 59.3 Å². The summed E-state index contributed by atoms with van der Waals surface area (Å²) >= 11 is 3.47. The third-order valence-electron chi connectivity index (χ3n) is 3.41. The average molecular weight is 398 g/mol. The van der Waals surface area contributed by atoms with Crippen molar-refractivity contribution in [2.24, 2.45) is 0 Å². The normalized spacial score (nSPS) is 10.3. The minimum atomic E-state index is -0.252. The zero-order chi connectivity index (χ0) is 17.6. The van der Waals surface area contributed by atoms with Crippen molar-refractivity contribution >= 4 is 33.5 Å². The molecule has 0 bridgehead atoms. The van der Waals surface area contributed by atoms with Crippen molar-refractivity contribution in [3.05, 3.63) is 76.3 Å². The summed E-state index contributed by atoms with van der Waals surface area (Å²) in [7, 11) is 0. The maximum Gasteiger partial charge on any atom is 0.270 e. The summed E-state index contributed by atoms with van der Waals surface area (Å²) in [4.78, 5) is 25.0. The Balaban J connectivity index is 1.74. The minimum Gasteiger partial charge on any atom is -0.347 e. The van der Waals surface area contributed by atoms with E-state index in [1.165, 1.54) is 0 Å². The van der Waals surface area contributed by atoms with Gasteiger partial charge in [0.15, 0.2) is 0 Å². The van der Waals surface area contributed by atoms with Crippen LogP contribution in [-0.2, 0) is 6.54 Å². The second-order valence-corrected chi connectivity index (χ2v) is 6.22. The molecule has 0 saturated heterocycles. The van der Waals surface area contributed by atoms with Gasteiger partial charge >= 0.3 is 0 Å². The van der Waals surface area contributed by atoms with Gasteiger partial charge in [0.05, 0.1) is 5.69 Å². The summed E-state index contributed by atoms with van der Waals surface area (Å²) in [6.07, 6.45) is 3.38. The zero-order valence-electron chi connectivity index (χ0n) is 13.5. The molecule has 2 aromatic heterocycles. The van der Waals surface area contributed by atoms with E-state index in [4.69, 9.17) is 0 Å². The topological polar surface area (TPSA) is 79.8 Å². The molecule has 7 heteroatoms. The minimum absolute atomic E-state index is 0.252. The standard InChI is InChI=1S/C18H16BrN5O/c1-12-10-16(17(25)21-11-13-6-8-20-9-7-13)24-18(22-12)23-15-5-3-2-4-14(15)19/h2-10H,11H2,1H3,(H,21,25)(H,22,23,24). The summed E-state index contributed by atoms with van der Waals surface area (Å²) in [5.41, 5.74) is 2.83. The van der Waals surface area contributed by atoms with Gasteiger partial charge in [0, 0.05) is 29.1 Å². The third kappa shape index (κ3) is 4.60. The molecule has 0 unspecified atom stereocenters. The summed E-state index contributed by atoms with van der Waals surface area (Å²) in [5, 5.41) is 5.98. The van der Waals surface area contributed by atoms with Crippen molar-refractivity contribution in [3.63, 3.8) is 0 Å². The smallest absolute Gasteiger partial charge is 0.270 e. The lowest BCUT2D eigenvalue weighted by atomic mass is 10.2. The highest BCUT2D eigenvalue weighted by atomic mass is 79.9. The molecule has 0 aliphatic carbocycles. The summed E-state index contributed by atoms with van der Waals surface area (Å²) < 4.78 is 0.892. The number of rotatable bonds is 5. The Kier molecular flexibility index (Phi) is 5.35. The fourth-order valence-electron chi connectivity index (χ4n) is 2.20. The molecule has 3 aromatic rings. The predicted octanol–water partition coefficient (Wildman–Crippen LogP) is 3.62. The van der Waals surface area contributed by atoms with Crippen molar-refractivity contribution in [2.45, 2.75) is 13.5 Å². The van der Waals surface area contributed by atoms with Crippen LogP contribution in [0.5, 0.6) is 0 Å². The van der Waals surface area contributed by atoms with Crippen LogP contribution < -0.4 is 10.6 Å². The Morgan fingerprint density at radius 1 is 1.12 bits per heavy atom. The van der Waals surface area contributed by atoms with E-state index in [0.29, 0.717) is 23.9 Å². The van der Waals surface area contributed by atoms with Crippen LogP contribution in [0, 0.1) is 6.92 Å². The molecule has 3 rings (SSSR count). The second kappa shape index (κ2) is 7.85. The molecule has 1 aromatic carbocycles. The van der Waals surface area contributed by atoms with Crippen molar-refractivity contribution in [1.29, 1.82) is 0 Å². The van der Waals surface area contributed by atoms with E-state index in [-0.39, 0.29) is 5.91 Å². The van der Waals surface area contributed by atoms with Gasteiger partial charge in [-0.05, 0) is 58.7 Å². The van der Waals surface area contributed by atoms with Gasteiger partial charge < -0.3 is 10.6 Å². The maximum atomic E-state index is 12.4. The van der Waals surface area contributed by atoms with Gasteiger partial charge in [0.1, 0.15) is 5.69 Å². The number of carbonyl (C=O) groups is 1. The van der Waals surface area contributed by atoms with E-state index in [9.17, 15) is 4.79 Å². The monoisotopic (exact) mass is 397 g/mol. The number of para-hydroxylation sites is 1. The Hall–Kier alpha value is -2.80. The summed E-state index contributed by atoms with van der Waals surface area (Å²) in [6, 6.07) is 13.0. The number of halogens is 1. The number of hydrogen-bond acceptors (Lipinski definition) is 5. The number of anilines is 2. The van der Waals surface area contributed by atoms with Crippen LogP contribution in [0.25, 0.3) is 0 Å². The molecule has 2 N–H and O–H groups in total. The number of aromatic nitrogens is 3. The number of carbonyl (C=O) groups excluding carboxylic acids is 1. The Labute approximate surface area is 153 Å². The number of aryl methyl sites for hydroxylation is 1. The van der Waals surface area contributed by atoms with Crippen LogP contribution in [0.4, 0.5) is 11.6 Å². The van der Waals surface area contributed by atoms with E-state index in [2.05, 4.69) is 41.5 Å². The predicted molar refractivity (Wildman–Crippen MR) is 99.6 cm³/mol. The zero-order valence-corrected chi connectivity index (χ0v) is 15.1.